The molecule has 46 heavy (non-hydrogen) atoms. The molecule has 0 aliphatic heterocycles. The molecule has 8 unspecified atom stereocenters. The van der Waals surface area contributed by atoms with Gasteiger partial charge in [0.2, 0.25) is 0 Å². The standard InChI is InChI=1S/C42H56N2O2/c1-28(2)12-11-13-29(3)34-20-21-35-33-19-18-31-26-32(22-24-41(31,4)36(33)23-25-42(34,35)5)46-39(45)27-44-38-17-10-9-16-37(38)43-40(44)30-14-7-6-8-15-30/h6-10,14-18,28-29,32-36H,11-13,19-27H2,1-5H3. The lowest BCUT2D eigenvalue weighted by atomic mass is 9.47. The molecule has 3 fully saturated rings. The normalized spacial score (nSPS) is 32.8. The highest BCUT2D eigenvalue weighted by atomic mass is 16.5. The molecule has 2 aromatic carbocycles. The number of allylic oxidation sites excluding steroid dienone is 1. The number of fused-ring (bicyclic) bond motifs is 6. The van der Waals surface area contributed by atoms with Crippen molar-refractivity contribution < 1.29 is 9.53 Å². The number of hydrogen-bond acceptors (Lipinski definition) is 3. The summed E-state index contributed by atoms with van der Waals surface area (Å²) in [6.07, 6.45) is 16.7. The molecule has 0 amide bonds. The van der Waals surface area contributed by atoms with E-state index in [9.17, 15) is 4.79 Å². The van der Waals surface area contributed by atoms with Gasteiger partial charge in [-0.15, -0.1) is 0 Å². The van der Waals surface area contributed by atoms with Gasteiger partial charge < -0.3 is 9.30 Å². The fourth-order valence-corrected chi connectivity index (χ4v) is 11.1. The van der Waals surface area contributed by atoms with Crippen molar-refractivity contribution in [3.63, 3.8) is 0 Å². The first-order valence-electron chi connectivity index (χ1n) is 18.6. The largest absolute Gasteiger partial charge is 0.461 e. The number of benzene rings is 2. The highest BCUT2D eigenvalue weighted by molar-refractivity contribution is 5.83. The van der Waals surface area contributed by atoms with Crippen LogP contribution in [-0.4, -0.2) is 21.6 Å². The van der Waals surface area contributed by atoms with Crippen LogP contribution in [0.3, 0.4) is 0 Å². The number of nitrogens with zero attached hydrogens (tertiary/aromatic N) is 2. The number of para-hydroxylation sites is 2. The molecule has 0 bridgehead atoms. The van der Waals surface area contributed by atoms with Crippen molar-refractivity contribution in [2.45, 2.75) is 118 Å². The molecule has 4 heteroatoms. The second-order valence-corrected chi connectivity index (χ2v) is 16.5. The molecule has 0 saturated heterocycles. The third-order valence-corrected chi connectivity index (χ3v) is 13.5. The van der Waals surface area contributed by atoms with Gasteiger partial charge >= 0.3 is 5.97 Å². The molecule has 1 heterocycles. The van der Waals surface area contributed by atoms with E-state index in [4.69, 9.17) is 9.72 Å². The Morgan fingerprint density at radius 3 is 2.52 bits per heavy atom. The van der Waals surface area contributed by atoms with Crippen LogP contribution in [-0.2, 0) is 16.1 Å². The Labute approximate surface area is 277 Å². The maximum absolute atomic E-state index is 13.5. The number of hydrogen-bond donors (Lipinski definition) is 0. The Hall–Kier alpha value is -2.88. The molecular weight excluding hydrogens is 564 g/mol. The van der Waals surface area contributed by atoms with Crippen molar-refractivity contribution in [2.75, 3.05) is 0 Å². The van der Waals surface area contributed by atoms with Crippen LogP contribution >= 0.6 is 0 Å². The first kappa shape index (κ1) is 31.7. The van der Waals surface area contributed by atoms with Crippen LogP contribution in [0.5, 0.6) is 0 Å². The molecule has 3 aromatic rings. The van der Waals surface area contributed by atoms with Gasteiger partial charge in [-0.1, -0.05) is 108 Å². The van der Waals surface area contributed by atoms with Gasteiger partial charge in [0.25, 0.3) is 0 Å². The summed E-state index contributed by atoms with van der Waals surface area (Å²) in [7, 11) is 0. The molecule has 1 aromatic heterocycles. The summed E-state index contributed by atoms with van der Waals surface area (Å²) in [5.74, 6) is 5.71. The minimum absolute atomic E-state index is 0.0326. The zero-order valence-electron chi connectivity index (χ0n) is 29.0. The van der Waals surface area contributed by atoms with Gasteiger partial charge in [-0.05, 0) is 103 Å². The fourth-order valence-electron chi connectivity index (χ4n) is 11.1. The van der Waals surface area contributed by atoms with Crippen LogP contribution in [0.1, 0.15) is 105 Å². The minimum Gasteiger partial charge on any atom is -0.461 e. The summed E-state index contributed by atoms with van der Waals surface area (Å²) >= 11 is 0. The van der Waals surface area contributed by atoms with Gasteiger partial charge in [0, 0.05) is 12.0 Å². The molecule has 0 N–H and O–H groups in total. The van der Waals surface area contributed by atoms with Crippen LogP contribution in [0.4, 0.5) is 0 Å². The minimum atomic E-state index is -0.156. The zero-order valence-corrected chi connectivity index (χ0v) is 29.0. The molecule has 3 saturated carbocycles. The Morgan fingerprint density at radius 1 is 0.935 bits per heavy atom. The summed E-state index contributed by atoms with van der Waals surface area (Å²) < 4.78 is 8.31. The average Bonchev–Trinajstić information content (AvgIpc) is 3.59. The number of aromatic nitrogens is 2. The van der Waals surface area contributed by atoms with Crippen LogP contribution in [0.25, 0.3) is 22.4 Å². The average molecular weight is 621 g/mol. The lowest BCUT2D eigenvalue weighted by Crippen LogP contribution is -2.51. The summed E-state index contributed by atoms with van der Waals surface area (Å²) in [6.45, 7) is 12.7. The number of esters is 1. The smallest absolute Gasteiger partial charge is 0.326 e. The number of carbonyl (C=O) groups excluding carboxylic acids is 1. The van der Waals surface area contributed by atoms with Gasteiger partial charge in [-0.25, -0.2) is 4.98 Å². The van der Waals surface area contributed by atoms with E-state index in [0.29, 0.717) is 5.41 Å². The predicted octanol–water partition coefficient (Wildman–Crippen LogP) is 10.7. The van der Waals surface area contributed by atoms with E-state index in [0.717, 1.165) is 77.2 Å². The highest BCUT2D eigenvalue weighted by Crippen LogP contribution is 2.67. The van der Waals surface area contributed by atoms with E-state index in [1.807, 2.05) is 47.0 Å². The van der Waals surface area contributed by atoms with E-state index in [1.165, 1.54) is 51.4 Å². The van der Waals surface area contributed by atoms with Crippen LogP contribution in [0.15, 0.2) is 66.2 Å². The molecule has 4 aliphatic rings. The second-order valence-electron chi connectivity index (χ2n) is 16.5. The van der Waals surface area contributed by atoms with Gasteiger partial charge in [0.1, 0.15) is 18.5 Å². The lowest BCUT2D eigenvalue weighted by molar-refractivity contribution is -0.152. The highest BCUT2D eigenvalue weighted by Gasteiger charge is 2.59. The van der Waals surface area contributed by atoms with Crippen molar-refractivity contribution in [1.82, 2.24) is 9.55 Å². The quantitative estimate of drug-likeness (QED) is 0.177. The third kappa shape index (κ3) is 5.66. The molecule has 246 valence electrons. The molecule has 0 spiro atoms. The van der Waals surface area contributed by atoms with Crippen molar-refractivity contribution in [3.05, 3.63) is 66.2 Å². The number of carbonyl (C=O) groups is 1. The predicted molar refractivity (Wildman–Crippen MR) is 188 cm³/mol. The Kier molecular flexibility index (Phi) is 8.70. The van der Waals surface area contributed by atoms with Crippen LogP contribution < -0.4 is 0 Å². The van der Waals surface area contributed by atoms with Crippen LogP contribution in [0, 0.1) is 46.3 Å². The van der Waals surface area contributed by atoms with Gasteiger partial charge in [0.05, 0.1) is 11.0 Å². The first-order chi connectivity index (χ1) is 22.2. The first-order valence-corrected chi connectivity index (χ1v) is 18.6. The van der Waals surface area contributed by atoms with Gasteiger partial charge in [0.15, 0.2) is 0 Å². The van der Waals surface area contributed by atoms with E-state index < -0.39 is 0 Å². The summed E-state index contributed by atoms with van der Waals surface area (Å²) in [4.78, 5) is 18.4. The van der Waals surface area contributed by atoms with E-state index >= 15 is 0 Å². The molecule has 4 aliphatic carbocycles. The van der Waals surface area contributed by atoms with Crippen molar-refractivity contribution in [2.24, 2.45) is 46.3 Å². The maximum Gasteiger partial charge on any atom is 0.326 e. The lowest BCUT2D eigenvalue weighted by Gasteiger charge is -2.58. The summed E-state index contributed by atoms with van der Waals surface area (Å²) in [5, 5.41) is 0. The molecular formula is C42H56N2O2. The number of imidazole rings is 1. The van der Waals surface area contributed by atoms with E-state index in [2.05, 4.69) is 52.8 Å². The fraction of sp³-hybridized carbons (Fsp3) is 0.619. The van der Waals surface area contributed by atoms with E-state index in [-0.39, 0.29) is 24.0 Å². The van der Waals surface area contributed by atoms with Crippen molar-refractivity contribution >= 4 is 17.0 Å². The second kappa shape index (κ2) is 12.6. The Morgan fingerprint density at radius 2 is 1.72 bits per heavy atom. The summed E-state index contributed by atoms with van der Waals surface area (Å²) in [5.41, 5.74) is 5.25. The third-order valence-electron chi connectivity index (χ3n) is 13.5. The summed E-state index contributed by atoms with van der Waals surface area (Å²) in [6, 6.07) is 18.2. The Balaban J connectivity index is 1.02. The van der Waals surface area contributed by atoms with Gasteiger partial charge in [-0.2, -0.15) is 0 Å². The zero-order chi connectivity index (χ0) is 32.1. The number of ether oxygens (including phenoxy) is 1. The SMILES string of the molecule is CC(C)CCCC(C)C1CCC2C3CC=C4CC(OC(=O)Cn5c(-c6ccccc6)nc6ccccc65)CCC4(C)C3CCC12C. The van der Waals surface area contributed by atoms with Gasteiger partial charge in [-0.3, -0.25) is 4.79 Å². The van der Waals surface area contributed by atoms with Crippen LogP contribution in [0.2, 0.25) is 0 Å². The molecule has 4 nitrogen and oxygen atoms in total. The molecule has 0 radical (unpaired) electrons. The molecule has 7 rings (SSSR count). The monoisotopic (exact) mass is 620 g/mol. The van der Waals surface area contributed by atoms with Crippen molar-refractivity contribution in [3.8, 4) is 11.4 Å². The Bertz CT molecular complexity index is 1570. The topological polar surface area (TPSA) is 44.1 Å². The maximum atomic E-state index is 13.5. The molecule has 8 atom stereocenters. The van der Waals surface area contributed by atoms with Crippen molar-refractivity contribution in [1.29, 1.82) is 0 Å². The van der Waals surface area contributed by atoms with E-state index in [1.54, 1.807) is 5.57 Å². The number of rotatable bonds is 9.